The molecule has 4 heteroatoms. The molecule has 0 saturated heterocycles. The highest BCUT2D eigenvalue weighted by Gasteiger charge is 2.18. The quantitative estimate of drug-likeness (QED) is 0.757. The third kappa shape index (κ3) is 2.09. The van der Waals surface area contributed by atoms with Crippen molar-refractivity contribution in [1.29, 1.82) is 0 Å². The summed E-state index contributed by atoms with van der Waals surface area (Å²) in [5.41, 5.74) is 8.42. The summed E-state index contributed by atoms with van der Waals surface area (Å²) in [6, 6.07) is 17.2. The predicted molar refractivity (Wildman–Crippen MR) is 76.8 cm³/mol. The zero-order valence-electron chi connectivity index (χ0n) is 10.0. The maximum atomic E-state index is 6.20. The molecule has 0 atom stereocenters. The van der Waals surface area contributed by atoms with Crippen LogP contribution in [0.5, 0.6) is 0 Å². The molecule has 0 radical (unpaired) electrons. The van der Waals surface area contributed by atoms with Gasteiger partial charge in [0.25, 0.3) is 0 Å². The predicted octanol–water partition coefficient (Wildman–Crippen LogP) is 4.24. The van der Waals surface area contributed by atoms with E-state index in [0.717, 1.165) is 16.7 Å². The van der Waals surface area contributed by atoms with E-state index in [1.54, 1.807) is 0 Å². The molecule has 0 spiro atoms. The van der Waals surface area contributed by atoms with Gasteiger partial charge in [0.2, 0.25) is 0 Å². The molecule has 3 nitrogen and oxygen atoms in total. The molecule has 0 fully saturated rings. The van der Waals surface area contributed by atoms with Crippen LogP contribution < -0.4 is 5.73 Å². The van der Waals surface area contributed by atoms with Crippen LogP contribution in [0, 0.1) is 0 Å². The van der Waals surface area contributed by atoms with E-state index in [0.29, 0.717) is 16.6 Å². The number of hydrogen-bond acceptors (Lipinski definition) is 3. The minimum atomic E-state index is 0.362. The Kier molecular flexibility index (Phi) is 2.97. The van der Waals surface area contributed by atoms with E-state index in [1.807, 2.05) is 54.6 Å². The van der Waals surface area contributed by atoms with E-state index in [1.165, 1.54) is 0 Å². The maximum Gasteiger partial charge on any atom is 0.178 e. The SMILES string of the molecule is Nc1noc(-c2ccccc2Cl)c1-c1ccccc1. The molecular formula is C15H11ClN2O. The Hall–Kier alpha value is -2.26. The van der Waals surface area contributed by atoms with Crippen molar-refractivity contribution < 1.29 is 4.52 Å². The summed E-state index contributed by atoms with van der Waals surface area (Å²) in [5, 5.41) is 4.46. The van der Waals surface area contributed by atoms with E-state index < -0.39 is 0 Å². The Bertz CT molecular complexity index is 707. The molecule has 94 valence electrons. The van der Waals surface area contributed by atoms with Crippen LogP contribution >= 0.6 is 11.6 Å². The first kappa shape index (κ1) is 11.8. The number of aromatic nitrogens is 1. The van der Waals surface area contributed by atoms with Crippen molar-refractivity contribution in [2.24, 2.45) is 0 Å². The largest absolute Gasteiger partial charge is 0.380 e. The third-order valence-corrected chi connectivity index (χ3v) is 3.23. The van der Waals surface area contributed by atoms with Crippen LogP contribution in [-0.2, 0) is 0 Å². The summed E-state index contributed by atoms with van der Waals surface area (Å²) in [6.45, 7) is 0. The van der Waals surface area contributed by atoms with Crippen molar-refractivity contribution in [2.75, 3.05) is 5.73 Å². The topological polar surface area (TPSA) is 52.0 Å². The number of nitrogens with zero attached hydrogens (tertiary/aromatic N) is 1. The van der Waals surface area contributed by atoms with Crippen LogP contribution in [-0.4, -0.2) is 5.16 Å². The van der Waals surface area contributed by atoms with Gasteiger partial charge < -0.3 is 10.3 Å². The fourth-order valence-corrected chi connectivity index (χ4v) is 2.24. The van der Waals surface area contributed by atoms with Gasteiger partial charge in [-0.15, -0.1) is 0 Å². The Morgan fingerprint density at radius 1 is 0.947 bits per heavy atom. The molecule has 0 aliphatic heterocycles. The fourth-order valence-electron chi connectivity index (χ4n) is 2.02. The number of hydrogen-bond donors (Lipinski definition) is 1. The molecule has 1 aromatic heterocycles. The molecule has 0 aliphatic carbocycles. The average Bonchev–Trinajstić information content (AvgIpc) is 2.82. The minimum absolute atomic E-state index is 0.362. The lowest BCUT2D eigenvalue weighted by Gasteiger charge is -2.04. The Balaban J connectivity index is 2.23. The third-order valence-electron chi connectivity index (χ3n) is 2.90. The Morgan fingerprint density at radius 2 is 1.63 bits per heavy atom. The van der Waals surface area contributed by atoms with Gasteiger partial charge in [-0.2, -0.15) is 0 Å². The number of nitrogen functional groups attached to an aromatic ring is 1. The molecular weight excluding hydrogens is 260 g/mol. The highest BCUT2D eigenvalue weighted by Crippen LogP contribution is 2.39. The lowest BCUT2D eigenvalue weighted by molar-refractivity contribution is 0.436. The van der Waals surface area contributed by atoms with Crippen molar-refractivity contribution in [1.82, 2.24) is 5.16 Å². The summed E-state index contributed by atoms with van der Waals surface area (Å²) in [5.74, 6) is 0.954. The van der Waals surface area contributed by atoms with Gasteiger partial charge in [0, 0.05) is 5.56 Å². The summed E-state index contributed by atoms with van der Waals surface area (Å²) in [6.07, 6.45) is 0. The van der Waals surface area contributed by atoms with Crippen LogP contribution in [0.25, 0.3) is 22.5 Å². The second kappa shape index (κ2) is 4.78. The summed E-state index contributed by atoms with van der Waals surface area (Å²) < 4.78 is 5.36. The van der Waals surface area contributed by atoms with Crippen LogP contribution in [0.1, 0.15) is 0 Å². The van der Waals surface area contributed by atoms with Gasteiger partial charge in [0.1, 0.15) is 0 Å². The second-order valence-corrected chi connectivity index (χ2v) is 4.53. The second-order valence-electron chi connectivity index (χ2n) is 4.12. The van der Waals surface area contributed by atoms with Crippen LogP contribution in [0.3, 0.4) is 0 Å². The Labute approximate surface area is 115 Å². The molecule has 0 bridgehead atoms. The zero-order valence-corrected chi connectivity index (χ0v) is 10.8. The van der Waals surface area contributed by atoms with Crippen molar-refractivity contribution in [3.8, 4) is 22.5 Å². The van der Waals surface area contributed by atoms with E-state index in [2.05, 4.69) is 5.16 Å². The first-order valence-corrected chi connectivity index (χ1v) is 6.20. The monoisotopic (exact) mass is 270 g/mol. The van der Waals surface area contributed by atoms with Gasteiger partial charge in [-0.3, -0.25) is 0 Å². The summed E-state index contributed by atoms with van der Waals surface area (Å²) in [4.78, 5) is 0. The number of rotatable bonds is 2. The molecule has 0 aliphatic rings. The highest BCUT2D eigenvalue weighted by molar-refractivity contribution is 6.33. The van der Waals surface area contributed by atoms with E-state index in [9.17, 15) is 0 Å². The van der Waals surface area contributed by atoms with Crippen LogP contribution in [0.4, 0.5) is 5.82 Å². The van der Waals surface area contributed by atoms with Gasteiger partial charge in [-0.25, -0.2) is 0 Å². The lowest BCUT2D eigenvalue weighted by atomic mass is 10.0. The van der Waals surface area contributed by atoms with Crippen LogP contribution in [0.15, 0.2) is 59.1 Å². The summed E-state index contributed by atoms with van der Waals surface area (Å²) >= 11 is 6.20. The smallest absolute Gasteiger partial charge is 0.178 e. The fraction of sp³-hybridized carbons (Fsp3) is 0. The number of nitrogens with two attached hydrogens (primary N) is 1. The first-order valence-electron chi connectivity index (χ1n) is 5.83. The van der Waals surface area contributed by atoms with Gasteiger partial charge in [0.05, 0.1) is 10.6 Å². The molecule has 0 unspecified atom stereocenters. The molecule has 19 heavy (non-hydrogen) atoms. The molecule has 0 amide bonds. The molecule has 2 aromatic carbocycles. The average molecular weight is 271 g/mol. The van der Waals surface area contributed by atoms with E-state index >= 15 is 0 Å². The van der Waals surface area contributed by atoms with Crippen molar-refractivity contribution in [3.63, 3.8) is 0 Å². The zero-order chi connectivity index (χ0) is 13.2. The Morgan fingerprint density at radius 3 is 2.37 bits per heavy atom. The number of halogens is 1. The first-order chi connectivity index (χ1) is 9.27. The number of benzene rings is 2. The van der Waals surface area contributed by atoms with Gasteiger partial charge in [0.15, 0.2) is 11.6 Å². The van der Waals surface area contributed by atoms with Gasteiger partial charge in [-0.05, 0) is 17.7 Å². The molecule has 3 aromatic rings. The minimum Gasteiger partial charge on any atom is -0.380 e. The van der Waals surface area contributed by atoms with E-state index in [-0.39, 0.29) is 0 Å². The molecule has 0 saturated carbocycles. The number of anilines is 1. The lowest BCUT2D eigenvalue weighted by Crippen LogP contribution is -1.88. The van der Waals surface area contributed by atoms with E-state index in [4.69, 9.17) is 21.9 Å². The molecule has 2 N–H and O–H groups in total. The highest BCUT2D eigenvalue weighted by atomic mass is 35.5. The molecule has 3 rings (SSSR count). The van der Waals surface area contributed by atoms with Crippen LogP contribution in [0.2, 0.25) is 5.02 Å². The normalized spacial score (nSPS) is 10.6. The standard InChI is InChI=1S/C15H11ClN2O/c16-12-9-5-4-8-11(12)14-13(15(17)18-19-14)10-6-2-1-3-7-10/h1-9H,(H2,17,18). The van der Waals surface area contributed by atoms with Crippen molar-refractivity contribution in [3.05, 3.63) is 59.6 Å². The maximum absolute atomic E-state index is 6.20. The van der Waals surface area contributed by atoms with Crippen molar-refractivity contribution >= 4 is 17.4 Å². The summed E-state index contributed by atoms with van der Waals surface area (Å²) in [7, 11) is 0. The van der Waals surface area contributed by atoms with Gasteiger partial charge >= 0.3 is 0 Å². The molecule has 1 heterocycles. The van der Waals surface area contributed by atoms with Gasteiger partial charge in [-0.1, -0.05) is 59.2 Å². The van der Waals surface area contributed by atoms with Crippen molar-refractivity contribution in [2.45, 2.75) is 0 Å².